The molecule has 0 aliphatic carbocycles. The summed E-state index contributed by atoms with van der Waals surface area (Å²) in [6.07, 6.45) is 3.32. The third kappa shape index (κ3) is 2.92. The van der Waals surface area contributed by atoms with Crippen LogP contribution >= 0.6 is 0 Å². The summed E-state index contributed by atoms with van der Waals surface area (Å²) < 4.78 is 0. The van der Waals surface area contributed by atoms with Gasteiger partial charge in [-0.1, -0.05) is 0 Å². The Morgan fingerprint density at radius 2 is 2.33 bits per heavy atom. The summed E-state index contributed by atoms with van der Waals surface area (Å²) in [5.74, 6) is 0.477. The number of rotatable bonds is 2. The van der Waals surface area contributed by atoms with Crippen molar-refractivity contribution in [2.24, 2.45) is 5.92 Å². The molecule has 2 fully saturated rings. The molecule has 2 rings (SSSR count). The molecular formula is C11H21N3O. The average molecular weight is 211 g/mol. The molecule has 0 radical (unpaired) electrons. The normalized spacial score (nSPS) is 32.9. The standard InChI is InChI=1S/C11H21N3O/c1-14-6-4-9(8-14)11(15)13-10-3-2-5-12-7-10/h9-10,12H,2-8H2,1H3,(H,13,15)/t9?,10-/m1/s1. The summed E-state index contributed by atoms with van der Waals surface area (Å²) in [5.41, 5.74) is 0. The molecule has 86 valence electrons. The van der Waals surface area contributed by atoms with E-state index in [2.05, 4.69) is 22.6 Å². The van der Waals surface area contributed by atoms with E-state index in [1.807, 2.05) is 0 Å². The second-order valence-corrected chi connectivity index (χ2v) is 4.80. The van der Waals surface area contributed by atoms with E-state index < -0.39 is 0 Å². The zero-order valence-electron chi connectivity index (χ0n) is 9.46. The number of likely N-dealkylation sites (tertiary alicyclic amines) is 1. The van der Waals surface area contributed by atoms with Crippen molar-refractivity contribution >= 4 is 5.91 Å². The summed E-state index contributed by atoms with van der Waals surface area (Å²) in [5, 5.41) is 6.47. The van der Waals surface area contributed by atoms with Crippen LogP contribution in [0.25, 0.3) is 0 Å². The monoisotopic (exact) mass is 211 g/mol. The van der Waals surface area contributed by atoms with Crippen LogP contribution in [0.1, 0.15) is 19.3 Å². The fraction of sp³-hybridized carbons (Fsp3) is 0.909. The zero-order valence-corrected chi connectivity index (χ0v) is 9.46. The molecule has 0 aromatic rings. The molecule has 2 saturated heterocycles. The molecule has 4 nitrogen and oxygen atoms in total. The zero-order chi connectivity index (χ0) is 10.7. The van der Waals surface area contributed by atoms with Gasteiger partial charge in [0.15, 0.2) is 0 Å². The van der Waals surface area contributed by atoms with Crippen molar-refractivity contribution in [3.05, 3.63) is 0 Å². The predicted octanol–water partition coefficient (Wildman–Crippen LogP) is -0.194. The number of amides is 1. The van der Waals surface area contributed by atoms with Gasteiger partial charge in [-0.2, -0.15) is 0 Å². The molecule has 2 atom stereocenters. The van der Waals surface area contributed by atoms with Crippen molar-refractivity contribution in [2.45, 2.75) is 25.3 Å². The lowest BCUT2D eigenvalue weighted by atomic mass is 10.0. The molecular weight excluding hydrogens is 190 g/mol. The molecule has 0 aromatic heterocycles. The number of nitrogens with zero attached hydrogens (tertiary/aromatic N) is 1. The minimum absolute atomic E-state index is 0.219. The maximum atomic E-state index is 11.9. The quantitative estimate of drug-likeness (QED) is 0.665. The highest BCUT2D eigenvalue weighted by Crippen LogP contribution is 2.15. The highest BCUT2D eigenvalue weighted by molar-refractivity contribution is 5.79. The highest BCUT2D eigenvalue weighted by atomic mass is 16.2. The van der Waals surface area contributed by atoms with Gasteiger partial charge >= 0.3 is 0 Å². The molecule has 0 bridgehead atoms. The van der Waals surface area contributed by atoms with Gasteiger partial charge < -0.3 is 15.5 Å². The molecule has 15 heavy (non-hydrogen) atoms. The fourth-order valence-corrected chi connectivity index (χ4v) is 2.44. The first kappa shape index (κ1) is 10.9. The van der Waals surface area contributed by atoms with E-state index in [9.17, 15) is 4.79 Å². The average Bonchev–Trinajstić information content (AvgIpc) is 2.66. The smallest absolute Gasteiger partial charge is 0.224 e. The second kappa shape index (κ2) is 4.94. The Labute approximate surface area is 91.4 Å². The molecule has 1 amide bonds. The van der Waals surface area contributed by atoms with Gasteiger partial charge in [0.25, 0.3) is 0 Å². The van der Waals surface area contributed by atoms with Gasteiger partial charge in [-0.15, -0.1) is 0 Å². The summed E-state index contributed by atoms with van der Waals surface area (Å²) >= 11 is 0. The van der Waals surface area contributed by atoms with Crippen molar-refractivity contribution in [1.29, 1.82) is 0 Å². The molecule has 4 heteroatoms. The van der Waals surface area contributed by atoms with Gasteiger partial charge in [0.2, 0.25) is 5.91 Å². The summed E-state index contributed by atoms with van der Waals surface area (Å²) in [4.78, 5) is 14.1. The molecule has 2 aliphatic rings. The van der Waals surface area contributed by atoms with E-state index in [1.54, 1.807) is 0 Å². The minimum atomic E-state index is 0.219. The molecule has 0 aromatic carbocycles. The topological polar surface area (TPSA) is 44.4 Å². The maximum Gasteiger partial charge on any atom is 0.224 e. The molecule has 2 heterocycles. The Balaban J connectivity index is 1.76. The minimum Gasteiger partial charge on any atom is -0.352 e. The Morgan fingerprint density at radius 3 is 2.93 bits per heavy atom. The Kier molecular flexibility index (Phi) is 3.59. The number of nitrogens with one attached hydrogen (secondary N) is 2. The van der Waals surface area contributed by atoms with Crippen molar-refractivity contribution in [3.63, 3.8) is 0 Å². The molecule has 0 spiro atoms. The van der Waals surface area contributed by atoms with E-state index in [-0.39, 0.29) is 11.8 Å². The van der Waals surface area contributed by atoms with Crippen molar-refractivity contribution in [1.82, 2.24) is 15.5 Å². The van der Waals surface area contributed by atoms with Gasteiger partial charge in [0, 0.05) is 19.1 Å². The highest BCUT2D eigenvalue weighted by Gasteiger charge is 2.27. The number of carbonyl (C=O) groups is 1. The van der Waals surface area contributed by atoms with Crippen LogP contribution in [0.3, 0.4) is 0 Å². The van der Waals surface area contributed by atoms with Crippen LogP contribution in [0.5, 0.6) is 0 Å². The van der Waals surface area contributed by atoms with E-state index in [0.29, 0.717) is 6.04 Å². The maximum absolute atomic E-state index is 11.9. The number of carbonyl (C=O) groups excluding carboxylic acids is 1. The lowest BCUT2D eigenvalue weighted by molar-refractivity contribution is -0.125. The summed E-state index contributed by atoms with van der Waals surface area (Å²) in [7, 11) is 2.08. The van der Waals surface area contributed by atoms with Crippen LogP contribution in [0.2, 0.25) is 0 Å². The van der Waals surface area contributed by atoms with Gasteiger partial charge in [-0.25, -0.2) is 0 Å². The van der Waals surface area contributed by atoms with E-state index >= 15 is 0 Å². The first-order valence-electron chi connectivity index (χ1n) is 5.95. The lowest BCUT2D eigenvalue weighted by Crippen LogP contribution is -2.47. The van der Waals surface area contributed by atoms with Gasteiger partial charge in [-0.05, 0) is 39.4 Å². The van der Waals surface area contributed by atoms with E-state index in [0.717, 1.165) is 39.0 Å². The van der Waals surface area contributed by atoms with Crippen LogP contribution < -0.4 is 10.6 Å². The lowest BCUT2D eigenvalue weighted by Gasteiger charge is -2.25. The first-order valence-corrected chi connectivity index (χ1v) is 5.95. The Bertz CT molecular complexity index is 226. The Morgan fingerprint density at radius 1 is 1.47 bits per heavy atom. The summed E-state index contributed by atoms with van der Waals surface area (Å²) in [6.45, 7) is 4.01. The van der Waals surface area contributed by atoms with Gasteiger partial charge in [-0.3, -0.25) is 4.79 Å². The third-order valence-electron chi connectivity index (χ3n) is 3.41. The van der Waals surface area contributed by atoms with Gasteiger partial charge in [0.1, 0.15) is 0 Å². The fourth-order valence-electron chi connectivity index (χ4n) is 2.44. The molecule has 2 N–H and O–H groups in total. The summed E-state index contributed by atoms with van der Waals surface area (Å²) in [6, 6.07) is 0.358. The third-order valence-corrected chi connectivity index (χ3v) is 3.41. The van der Waals surface area contributed by atoms with Crippen molar-refractivity contribution in [3.8, 4) is 0 Å². The molecule has 0 saturated carbocycles. The molecule has 1 unspecified atom stereocenters. The first-order chi connectivity index (χ1) is 7.25. The second-order valence-electron chi connectivity index (χ2n) is 4.80. The van der Waals surface area contributed by atoms with Crippen LogP contribution in [0.15, 0.2) is 0 Å². The van der Waals surface area contributed by atoms with Crippen LogP contribution in [0.4, 0.5) is 0 Å². The van der Waals surface area contributed by atoms with Crippen LogP contribution in [0, 0.1) is 5.92 Å². The number of hydrogen-bond donors (Lipinski definition) is 2. The number of hydrogen-bond acceptors (Lipinski definition) is 3. The van der Waals surface area contributed by atoms with Crippen LogP contribution in [-0.4, -0.2) is 50.1 Å². The van der Waals surface area contributed by atoms with Crippen molar-refractivity contribution < 1.29 is 4.79 Å². The van der Waals surface area contributed by atoms with Gasteiger partial charge in [0.05, 0.1) is 5.92 Å². The predicted molar refractivity (Wildman–Crippen MR) is 59.6 cm³/mol. The molecule has 2 aliphatic heterocycles. The number of piperidine rings is 1. The Hall–Kier alpha value is -0.610. The largest absolute Gasteiger partial charge is 0.352 e. The van der Waals surface area contributed by atoms with Crippen LogP contribution in [-0.2, 0) is 4.79 Å². The van der Waals surface area contributed by atoms with Crippen molar-refractivity contribution in [2.75, 3.05) is 33.2 Å². The SMILES string of the molecule is CN1CCC(C(=O)N[C@@H]2CCCNC2)C1. The van der Waals surface area contributed by atoms with E-state index in [1.165, 1.54) is 6.42 Å². The van der Waals surface area contributed by atoms with E-state index in [4.69, 9.17) is 0 Å².